The summed E-state index contributed by atoms with van der Waals surface area (Å²) in [6.07, 6.45) is 1.81. The van der Waals surface area contributed by atoms with E-state index in [0.29, 0.717) is 19.4 Å². The van der Waals surface area contributed by atoms with Crippen molar-refractivity contribution < 1.29 is 13.2 Å². The number of halogens is 1. The first kappa shape index (κ1) is 22.7. The molecule has 0 aliphatic carbocycles. The molecule has 1 aliphatic rings. The molecule has 166 valence electrons. The van der Waals surface area contributed by atoms with Crippen molar-refractivity contribution in [2.45, 2.75) is 37.1 Å². The van der Waals surface area contributed by atoms with E-state index in [1.165, 1.54) is 5.56 Å². The van der Waals surface area contributed by atoms with E-state index in [4.69, 9.17) is 0 Å². The van der Waals surface area contributed by atoms with Gasteiger partial charge in [0.15, 0.2) is 0 Å². The largest absolute Gasteiger partial charge is 0.312 e. The lowest BCUT2D eigenvalue weighted by Gasteiger charge is -2.17. The van der Waals surface area contributed by atoms with Crippen LogP contribution in [0, 0.1) is 0 Å². The fraction of sp³-hybridized carbons (Fsp3) is 0.240. The summed E-state index contributed by atoms with van der Waals surface area (Å²) in [5, 5.41) is 0. The molecule has 1 heterocycles. The Morgan fingerprint density at radius 2 is 1.78 bits per heavy atom. The summed E-state index contributed by atoms with van der Waals surface area (Å²) in [6, 6.07) is 21.9. The summed E-state index contributed by atoms with van der Waals surface area (Å²) >= 11 is 3.48. The van der Waals surface area contributed by atoms with E-state index in [1.54, 1.807) is 24.3 Å². The third-order valence-corrected chi connectivity index (χ3v) is 7.78. The van der Waals surface area contributed by atoms with Crippen LogP contribution in [-0.4, -0.2) is 20.9 Å². The van der Waals surface area contributed by atoms with Crippen molar-refractivity contribution in [2.75, 3.05) is 11.4 Å². The van der Waals surface area contributed by atoms with Crippen LogP contribution in [0.2, 0.25) is 0 Å². The van der Waals surface area contributed by atoms with Crippen LogP contribution in [0.3, 0.4) is 0 Å². The van der Waals surface area contributed by atoms with E-state index in [0.717, 1.165) is 27.7 Å². The number of fused-ring (bicyclic) bond motifs is 1. The lowest BCUT2D eigenvalue weighted by Crippen LogP contribution is -2.29. The highest BCUT2D eigenvalue weighted by atomic mass is 79.9. The summed E-state index contributed by atoms with van der Waals surface area (Å²) < 4.78 is 29.2. The van der Waals surface area contributed by atoms with Crippen LogP contribution in [0.5, 0.6) is 0 Å². The molecule has 4 rings (SSSR count). The second kappa shape index (κ2) is 9.57. The van der Waals surface area contributed by atoms with Gasteiger partial charge in [-0.1, -0.05) is 58.4 Å². The first-order chi connectivity index (χ1) is 15.3. The van der Waals surface area contributed by atoms with Crippen molar-refractivity contribution >= 4 is 37.5 Å². The predicted octanol–water partition coefficient (Wildman–Crippen LogP) is 5.01. The van der Waals surface area contributed by atoms with Crippen LogP contribution in [0.4, 0.5) is 5.69 Å². The van der Waals surface area contributed by atoms with Gasteiger partial charge in [0.05, 0.1) is 4.90 Å². The molecule has 0 radical (unpaired) electrons. The highest BCUT2D eigenvalue weighted by molar-refractivity contribution is 9.10. The minimum Gasteiger partial charge on any atom is -0.312 e. The summed E-state index contributed by atoms with van der Waals surface area (Å²) in [5.74, 6) is 0.0844. The number of aryl methyl sites for hydroxylation is 1. The average Bonchev–Trinajstić information content (AvgIpc) is 3.21. The van der Waals surface area contributed by atoms with E-state index in [-0.39, 0.29) is 16.8 Å². The molecule has 0 saturated heterocycles. The molecule has 1 N–H and O–H groups in total. The van der Waals surface area contributed by atoms with Crippen molar-refractivity contribution in [2.24, 2.45) is 0 Å². The maximum Gasteiger partial charge on any atom is 0.241 e. The zero-order valence-electron chi connectivity index (χ0n) is 17.8. The van der Waals surface area contributed by atoms with Crippen molar-refractivity contribution in [1.82, 2.24) is 4.72 Å². The van der Waals surface area contributed by atoms with Gasteiger partial charge in [-0.2, -0.15) is 0 Å². The normalized spacial score (nSPS) is 14.2. The highest BCUT2D eigenvalue weighted by Crippen LogP contribution is 2.31. The van der Waals surface area contributed by atoms with Crippen molar-refractivity contribution in [1.29, 1.82) is 0 Å². The third kappa shape index (κ3) is 5.11. The van der Waals surface area contributed by atoms with Gasteiger partial charge < -0.3 is 4.90 Å². The quantitative estimate of drug-likeness (QED) is 0.483. The lowest BCUT2D eigenvalue weighted by atomic mass is 10.1. The van der Waals surface area contributed by atoms with Gasteiger partial charge in [-0.15, -0.1) is 0 Å². The van der Waals surface area contributed by atoms with Crippen molar-refractivity contribution in [3.8, 4) is 0 Å². The predicted molar refractivity (Wildman–Crippen MR) is 130 cm³/mol. The molecular formula is C25H25BrN2O3S. The molecule has 3 aromatic carbocycles. The van der Waals surface area contributed by atoms with Gasteiger partial charge in [0.2, 0.25) is 15.9 Å². The minimum atomic E-state index is -3.63. The van der Waals surface area contributed by atoms with E-state index in [9.17, 15) is 13.2 Å². The maximum atomic E-state index is 12.8. The molecule has 0 unspecified atom stereocenters. The zero-order valence-corrected chi connectivity index (χ0v) is 20.2. The fourth-order valence-electron chi connectivity index (χ4n) is 3.96. The molecule has 1 aliphatic heterocycles. The summed E-state index contributed by atoms with van der Waals surface area (Å²) in [4.78, 5) is 14.8. The number of hydrogen-bond acceptors (Lipinski definition) is 3. The SMILES string of the molecule is C[C@@H](NS(=O)(=O)c1ccc(CCC(=O)N2CCc3cc(Br)ccc32)cc1)c1ccccc1. The van der Waals surface area contributed by atoms with E-state index in [1.807, 2.05) is 54.3 Å². The van der Waals surface area contributed by atoms with Gasteiger partial charge in [-0.25, -0.2) is 13.1 Å². The third-order valence-electron chi connectivity index (χ3n) is 5.73. The Labute approximate surface area is 197 Å². The lowest BCUT2D eigenvalue weighted by molar-refractivity contribution is -0.118. The fourth-order valence-corrected chi connectivity index (χ4v) is 5.60. The molecule has 7 heteroatoms. The molecule has 0 fully saturated rings. The number of nitrogens with zero attached hydrogens (tertiary/aromatic N) is 1. The van der Waals surface area contributed by atoms with Crippen LogP contribution < -0.4 is 9.62 Å². The standard InChI is InChI=1S/C25H25BrN2O3S/c1-18(20-5-3-2-4-6-20)27-32(30,31)23-11-7-19(8-12-23)9-14-25(29)28-16-15-21-17-22(26)10-13-24(21)28/h2-8,10-13,17-18,27H,9,14-16H2,1H3/t18-/m1/s1. The van der Waals surface area contributed by atoms with Crippen molar-refractivity contribution in [3.63, 3.8) is 0 Å². The molecule has 32 heavy (non-hydrogen) atoms. The van der Waals surface area contributed by atoms with Crippen LogP contribution in [-0.2, 0) is 27.7 Å². The molecular weight excluding hydrogens is 488 g/mol. The van der Waals surface area contributed by atoms with Gasteiger partial charge in [0.1, 0.15) is 0 Å². The van der Waals surface area contributed by atoms with Gasteiger partial charge >= 0.3 is 0 Å². The number of hydrogen-bond donors (Lipinski definition) is 1. The summed E-state index contributed by atoms with van der Waals surface area (Å²) in [5.41, 5.74) is 4.00. The van der Waals surface area contributed by atoms with Crippen molar-refractivity contribution in [3.05, 3.63) is 94.0 Å². The zero-order chi connectivity index (χ0) is 22.7. The number of sulfonamides is 1. The molecule has 0 spiro atoms. The Kier molecular flexibility index (Phi) is 6.79. The molecule has 5 nitrogen and oxygen atoms in total. The number of nitrogens with one attached hydrogen (secondary N) is 1. The van der Waals surface area contributed by atoms with E-state index >= 15 is 0 Å². The number of carbonyl (C=O) groups is 1. The Morgan fingerprint density at radius 1 is 1.06 bits per heavy atom. The van der Waals surface area contributed by atoms with Crippen LogP contribution >= 0.6 is 15.9 Å². The molecule has 0 saturated carbocycles. The number of benzene rings is 3. The summed E-state index contributed by atoms with van der Waals surface area (Å²) in [7, 11) is -3.63. The molecule has 1 atom stereocenters. The Hall–Kier alpha value is -2.48. The van der Waals surface area contributed by atoms with Crippen LogP contribution in [0.1, 0.15) is 36.1 Å². The minimum absolute atomic E-state index is 0.0844. The molecule has 1 amide bonds. The van der Waals surface area contributed by atoms with E-state index in [2.05, 4.69) is 26.7 Å². The highest BCUT2D eigenvalue weighted by Gasteiger charge is 2.24. The van der Waals surface area contributed by atoms with Crippen LogP contribution in [0.15, 0.2) is 82.2 Å². The topological polar surface area (TPSA) is 66.5 Å². The summed E-state index contributed by atoms with van der Waals surface area (Å²) in [6.45, 7) is 2.52. The molecule has 0 aromatic heterocycles. The second-order valence-electron chi connectivity index (χ2n) is 7.97. The smallest absolute Gasteiger partial charge is 0.241 e. The number of rotatable bonds is 7. The monoisotopic (exact) mass is 512 g/mol. The van der Waals surface area contributed by atoms with Gasteiger partial charge in [0, 0.05) is 29.2 Å². The van der Waals surface area contributed by atoms with E-state index < -0.39 is 10.0 Å². The number of anilines is 1. The maximum absolute atomic E-state index is 12.8. The average molecular weight is 513 g/mol. The van der Waals surface area contributed by atoms with Crippen LogP contribution in [0.25, 0.3) is 0 Å². The molecule has 3 aromatic rings. The number of carbonyl (C=O) groups excluding carboxylic acids is 1. The first-order valence-corrected chi connectivity index (χ1v) is 12.9. The van der Waals surface area contributed by atoms with Gasteiger partial charge in [-0.3, -0.25) is 4.79 Å². The van der Waals surface area contributed by atoms with Gasteiger partial charge in [-0.05, 0) is 66.8 Å². The first-order valence-electron chi connectivity index (χ1n) is 10.6. The second-order valence-corrected chi connectivity index (χ2v) is 10.6. The Morgan fingerprint density at radius 3 is 2.50 bits per heavy atom. The Balaban J connectivity index is 1.36. The number of amides is 1. The Bertz CT molecular complexity index is 1210. The van der Waals surface area contributed by atoms with Gasteiger partial charge in [0.25, 0.3) is 0 Å². The molecule has 0 bridgehead atoms.